The van der Waals surface area contributed by atoms with Crippen LogP contribution in [0.25, 0.3) is 0 Å². The molecular formula is C13H7F5N4O4S. The van der Waals surface area contributed by atoms with Crippen LogP contribution >= 0.6 is 0 Å². The number of primary sulfonamides is 1. The monoisotopic (exact) mass is 410 g/mol. The van der Waals surface area contributed by atoms with E-state index in [1.807, 2.05) is 5.43 Å². The summed E-state index contributed by atoms with van der Waals surface area (Å²) in [6.07, 6.45) is 0.216. The largest absolute Gasteiger partial charge is 0.295 e. The topological polar surface area (TPSA) is 128 Å². The van der Waals surface area contributed by atoms with Crippen molar-refractivity contribution in [2.75, 3.05) is 5.43 Å². The van der Waals surface area contributed by atoms with Gasteiger partial charge in [0.2, 0.25) is 15.8 Å². The summed E-state index contributed by atoms with van der Waals surface area (Å²) >= 11 is 0. The number of nitro groups is 1. The molecule has 0 aliphatic carbocycles. The van der Waals surface area contributed by atoms with E-state index in [0.717, 1.165) is 12.1 Å². The van der Waals surface area contributed by atoms with Gasteiger partial charge < -0.3 is 0 Å². The molecule has 0 fully saturated rings. The lowest BCUT2D eigenvalue weighted by molar-refractivity contribution is -0.384. The van der Waals surface area contributed by atoms with Gasteiger partial charge in [-0.2, -0.15) is 5.10 Å². The maximum Gasteiger partial charge on any atom is 0.295 e. The molecular weight excluding hydrogens is 403 g/mol. The van der Waals surface area contributed by atoms with Gasteiger partial charge >= 0.3 is 0 Å². The number of nitrogens with zero attached hydrogens (tertiary/aromatic N) is 2. The highest BCUT2D eigenvalue weighted by Gasteiger charge is 2.25. The molecule has 0 aliphatic heterocycles. The summed E-state index contributed by atoms with van der Waals surface area (Å²) in [5.41, 5.74) is -0.697. The smallest absolute Gasteiger partial charge is 0.272 e. The second kappa shape index (κ2) is 7.24. The van der Waals surface area contributed by atoms with Crippen LogP contribution in [0.3, 0.4) is 0 Å². The lowest BCUT2D eigenvalue weighted by Crippen LogP contribution is -2.12. The lowest BCUT2D eigenvalue weighted by Gasteiger charge is -2.05. The number of benzene rings is 2. The van der Waals surface area contributed by atoms with Gasteiger partial charge in [0.1, 0.15) is 5.69 Å². The maximum absolute atomic E-state index is 13.5. The summed E-state index contributed by atoms with van der Waals surface area (Å²) in [7, 11) is -4.25. The zero-order valence-corrected chi connectivity index (χ0v) is 13.5. The Bertz CT molecular complexity index is 1050. The first-order chi connectivity index (χ1) is 12.4. The molecule has 3 N–H and O–H groups in total. The Kier molecular flexibility index (Phi) is 5.41. The number of hydrazone groups is 1. The molecule has 0 aliphatic rings. The van der Waals surface area contributed by atoms with Gasteiger partial charge in [-0.1, -0.05) is 0 Å². The molecule has 2 aromatic carbocycles. The molecule has 14 heteroatoms. The van der Waals surface area contributed by atoms with Crippen molar-refractivity contribution in [1.82, 2.24) is 0 Å². The minimum absolute atomic E-state index is 0.216. The Morgan fingerprint density at radius 3 is 2.04 bits per heavy atom. The second-order valence-electron chi connectivity index (χ2n) is 4.83. The van der Waals surface area contributed by atoms with E-state index < -0.39 is 65.9 Å². The standard InChI is InChI=1S/C13H7F5N4O4S/c14-9-6(10(15)12(17)13(18)11(9)16)4-20-21-7-2-1-5(27(19,25)26)3-8(7)22(23)24/h1-4,21H,(H2,19,25,26)/b20-4-. The van der Waals surface area contributed by atoms with E-state index in [1.165, 1.54) is 0 Å². The van der Waals surface area contributed by atoms with Crippen LogP contribution in [-0.4, -0.2) is 19.6 Å². The quantitative estimate of drug-likeness (QED) is 0.195. The number of nitrogens with one attached hydrogen (secondary N) is 1. The molecule has 0 aromatic heterocycles. The average molecular weight is 410 g/mol. The molecule has 0 atom stereocenters. The summed E-state index contributed by atoms with van der Waals surface area (Å²) in [4.78, 5) is 9.38. The van der Waals surface area contributed by atoms with Crippen molar-refractivity contribution < 1.29 is 35.3 Å². The molecule has 0 heterocycles. The van der Waals surface area contributed by atoms with Crippen molar-refractivity contribution in [3.05, 3.63) is 63.0 Å². The number of hydrogen-bond donors (Lipinski definition) is 2. The van der Waals surface area contributed by atoms with Gasteiger partial charge in [-0.05, 0) is 12.1 Å². The van der Waals surface area contributed by atoms with Crippen LogP contribution < -0.4 is 10.6 Å². The number of nitrogens with two attached hydrogens (primary N) is 1. The number of hydrogen-bond acceptors (Lipinski definition) is 6. The third kappa shape index (κ3) is 4.01. The van der Waals surface area contributed by atoms with Crippen LogP contribution in [0.1, 0.15) is 5.56 Å². The summed E-state index contributed by atoms with van der Waals surface area (Å²) in [5, 5.41) is 19.0. The fourth-order valence-electron chi connectivity index (χ4n) is 1.84. The van der Waals surface area contributed by atoms with Crippen LogP contribution in [0.5, 0.6) is 0 Å². The first-order valence-electron chi connectivity index (χ1n) is 6.57. The minimum atomic E-state index is -4.25. The summed E-state index contributed by atoms with van der Waals surface area (Å²) in [6.45, 7) is 0. The molecule has 0 unspecified atom stereocenters. The number of halogens is 5. The predicted octanol–water partition coefficient (Wildman–Crippen LogP) is 2.38. The highest BCUT2D eigenvalue weighted by atomic mass is 32.2. The van der Waals surface area contributed by atoms with Gasteiger partial charge in [0.05, 0.1) is 21.6 Å². The van der Waals surface area contributed by atoms with Gasteiger partial charge in [-0.15, -0.1) is 0 Å². The first-order valence-corrected chi connectivity index (χ1v) is 8.11. The molecule has 2 aromatic rings. The second-order valence-corrected chi connectivity index (χ2v) is 6.40. The third-order valence-electron chi connectivity index (χ3n) is 3.12. The Balaban J connectivity index is 2.42. The van der Waals surface area contributed by atoms with Crippen LogP contribution in [0.4, 0.5) is 33.3 Å². The molecule has 0 saturated carbocycles. The highest BCUT2D eigenvalue weighted by molar-refractivity contribution is 7.89. The summed E-state index contributed by atoms with van der Waals surface area (Å²) in [6, 6.07) is 2.33. The maximum atomic E-state index is 13.5. The lowest BCUT2D eigenvalue weighted by atomic mass is 10.2. The van der Waals surface area contributed by atoms with E-state index in [4.69, 9.17) is 5.14 Å². The Hall–Kier alpha value is -3.13. The van der Waals surface area contributed by atoms with Gasteiger partial charge in [0, 0.05) is 6.07 Å². The van der Waals surface area contributed by atoms with Gasteiger partial charge in [0.25, 0.3) is 5.69 Å². The fraction of sp³-hybridized carbons (Fsp3) is 0. The van der Waals surface area contributed by atoms with E-state index in [9.17, 15) is 40.5 Å². The number of anilines is 1. The predicted molar refractivity (Wildman–Crippen MR) is 81.9 cm³/mol. The van der Waals surface area contributed by atoms with E-state index in [0.29, 0.717) is 6.07 Å². The number of sulfonamides is 1. The first kappa shape index (κ1) is 20.2. The van der Waals surface area contributed by atoms with Crippen molar-refractivity contribution in [2.45, 2.75) is 4.90 Å². The minimum Gasteiger partial charge on any atom is -0.272 e. The van der Waals surface area contributed by atoms with Crippen LogP contribution in [0.15, 0.2) is 28.2 Å². The molecule has 0 saturated heterocycles. The molecule has 0 spiro atoms. The van der Waals surface area contributed by atoms with Gasteiger partial charge in [0.15, 0.2) is 23.3 Å². The highest BCUT2D eigenvalue weighted by Crippen LogP contribution is 2.27. The Morgan fingerprint density at radius 1 is 1.04 bits per heavy atom. The van der Waals surface area contributed by atoms with Gasteiger partial charge in [-0.3, -0.25) is 15.5 Å². The van der Waals surface area contributed by atoms with Crippen LogP contribution in [-0.2, 0) is 10.0 Å². The van der Waals surface area contributed by atoms with Crippen LogP contribution in [0.2, 0.25) is 0 Å². The molecule has 8 nitrogen and oxygen atoms in total. The van der Waals surface area contributed by atoms with Crippen molar-refractivity contribution in [3.63, 3.8) is 0 Å². The zero-order chi connectivity index (χ0) is 20.5. The van der Waals surface area contributed by atoms with E-state index in [1.54, 1.807) is 0 Å². The van der Waals surface area contributed by atoms with Crippen molar-refractivity contribution >= 4 is 27.6 Å². The summed E-state index contributed by atoms with van der Waals surface area (Å²) < 4.78 is 88.5. The van der Waals surface area contributed by atoms with Crippen molar-refractivity contribution in [1.29, 1.82) is 0 Å². The number of nitro benzene ring substituents is 1. The Labute approximate surface area is 147 Å². The SMILES string of the molecule is NS(=O)(=O)c1ccc(N/N=C\c2c(F)c(F)c(F)c(F)c2F)c([N+](=O)[O-])c1. The molecule has 27 heavy (non-hydrogen) atoms. The molecule has 144 valence electrons. The summed E-state index contributed by atoms with van der Waals surface area (Å²) in [5.74, 6) is -11.1. The van der Waals surface area contributed by atoms with E-state index in [-0.39, 0.29) is 6.21 Å². The molecule has 2 rings (SSSR count). The van der Waals surface area contributed by atoms with E-state index in [2.05, 4.69) is 5.10 Å². The average Bonchev–Trinajstić information content (AvgIpc) is 2.60. The van der Waals surface area contributed by atoms with Crippen molar-refractivity contribution in [2.24, 2.45) is 10.2 Å². The number of rotatable bonds is 5. The van der Waals surface area contributed by atoms with Crippen LogP contribution in [0, 0.1) is 39.2 Å². The van der Waals surface area contributed by atoms with Gasteiger partial charge in [-0.25, -0.2) is 35.5 Å². The van der Waals surface area contributed by atoms with E-state index >= 15 is 0 Å². The van der Waals surface area contributed by atoms with Crippen molar-refractivity contribution in [3.8, 4) is 0 Å². The Morgan fingerprint density at radius 2 is 1.56 bits per heavy atom. The fourth-order valence-corrected chi connectivity index (χ4v) is 2.37. The molecule has 0 bridgehead atoms. The zero-order valence-electron chi connectivity index (χ0n) is 12.7. The third-order valence-corrected chi connectivity index (χ3v) is 4.03. The molecule has 0 amide bonds. The molecule has 0 radical (unpaired) electrons. The normalized spacial score (nSPS) is 11.8.